The van der Waals surface area contributed by atoms with Gasteiger partial charge in [-0.25, -0.2) is 9.78 Å². The molecule has 1 aliphatic heterocycles. The number of aliphatic carboxylic acids is 1. The Morgan fingerprint density at radius 3 is 2.62 bits per heavy atom. The molecular weight excluding hydrogens is 412 g/mol. The number of hydrogen-bond donors (Lipinski definition) is 1. The van der Waals surface area contributed by atoms with E-state index in [9.17, 15) is 9.59 Å². The number of carbonyl (C=O) groups is 2. The highest BCUT2D eigenvalue weighted by Gasteiger charge is 2.26. The van der Waals surface area contributed by atoms with E-state index >= 15 is 0 Å². The summed E-state index contributed by atoms with van der Waals surface area (Å²) in [5.74, 6) is 0.376. The van der Waals surface area contributed by atoms with Crippen LogP contribution < -0.4 is 9.47 Å². The third-order valence-electron chi connectivity index (χ3n) is 4.07. The minimum atomic E-state index is -0.912. The Labute approximate surface area is 174 Å². The minimum absolute atomic E-state index is 0.355. The van der Waals surface area contributed by atoms with Crippen LogP contribution in [-0.4, -0.2) is 38.9 Å². The monoisotopic (exact) mass is 428 g/mol. The first-order valence-electron chi connectivity index (χ1n) is 8.72. The summed E-state index contributed by atoms with van der Waals surface area (Å²) in [5, 5.41) is 10.5. The number of hydrogen-bond acceptors (Lipinski definition) is 8. The number of nitrogens with zero attached hydrogens (tertiary/aromatic N) is 2. The lowest BCUT2D eigenvalue weighted by Crippen LogP contribution is -2.17. The molecule has 29 heavy (non-hydrogen) atoms. The first kappa shape index (κ1) is 19.4. The number of rotatable bonds is 6. The molecule has 1 unspecified atom stereocenters. The van der Waals surface area contributed by atoms with Crippen LogP contribution in [0.1, 0.15) is 17.5 Å². The van der Waals surface area contributed by atoms with Gasteiger partial charge in [-0.05, 0) is 35.9 Å². The van der Waals surface area contributed by atoms with E-state index in [1.807, 2.05) is 30.3 Å². The number of esters is 1. The zero-order chi connectivity index (χ0) is 20.4. The van der Waals surface area contributed by atoms with Gasteiger partial charge in [0.2, 0.25) is 0 Å². The first-order valence-corrected chi connectivity index (χ1v) is 10.5. The maximum atomic E-state index is 11.1. The average Bonchev–Trinajstić information content (AvgIpc) is 3.33. The molecule has 0 amide bonds. The molecule has 2 heterocycles. The van der Waals surface area contributed by atoms with Crippen LogP contribution in [0.25, 0.3) is 10.2 Å². The van der Waals surface area contributed by atoms with Gasteiger partial charge in [-0.1, -0.05) is 12.1 Å². The second kappa shape index (κ2) is 8.22. The van der Waals surface area contributed by atoms with E-state index in [1.54, 1.807) is 12.1 Å². The second-order valence-corrected chi connectivity index (χ2v) is 8.31. The van der Waals surface area contributed by atoms with Crippen LogP contribution in [0.15, 0.2) is 47.5 Å². The smallest absolute Gasteiger partial charge is 0.329 e. The molecule has 3 aromatic rings. The lowest BCUT2D eigenvalue weighted by Gasteiger charge is -2.07. The largest absolute Gasteiger partial charge is 0.489 e. The molecule has 0 bridgehead atoms. The van der Waals surface area contributed by atoms with E-state index < -0.39 is 12.0 Å². The summed E-state index contributed by atoms with van der Waals surface area (Å²) in [4.78, 5) is 30.8. The van der Waals surface area contributed by atoms with E-state index in [-0.39, 0.29) is 5.97 Å². The molecule has 1 aliphatic rings. The van der Waals surface area contributed by atoms with Crippen LogP contribution in [0.2, 0.25) is 0 Å². The number of aliphatic imine (C=N–C) groups is 1. The molecular formula is C20H16N2O5S2. The van der Waals surface area contributed by atoms with Crippen molar-refractivity contribution in [3.05, 3.63) is 53.0 Å². The Kier molecular flexibility index (Phi) is 5.50. The Bertz CT molecular complexity index is 1110. The molecule has 0 spiro atoms. The molecule has 4 rings (SSSR count). The predicted octanol–water partition coefficient (Wildman–Crippen LogP) is 3.75. The standard InChI is InChI=1S/C20H16N2O5S2/c1-11(23)27-13-4-2-12(3-5-13)9-26-14-6-7-15-17(8-14)29-19(21-15)18-22-16(10-28-18)20(24)25/h2-8,16H,9-10H2,1H3,(H,24,25). The van der Waals surface area contributed by atoms with Crippen molar-refractivity contribution in [2.24, 2.45) is 4.99 Å². The molecule has 7 nitrogen and oxygen atoms in total. The molecule has 0 radical (unpaired) electrons. The molecule has 148 valence electrons. The number of carboxylic acid groups (broad SMARTS) is 1. The van der Waals surface area contributed by atoms with Gasteiger partial charge in [0.1, 0.15) is 28.2 Å². The number of carboxylic acids is 1. The van der Waals surface area contributed by atoms with E-state index in [4.69, 9.17) is 14.6 Å². The van der Waals surface area contributed by atoms with E-state index in [1.165, 1.54) is 30.0 Å². The van der Waals surface area contributed by atoms with Crippen molar-refractivity contribution in [2.75, 3.05) is 5.75 Å². The van der Waals surface area contributed by atoms with Crippen LogP contribution in [0, 0.1) is 0 Å². The van der Waals surface area contributed by atoms with Crippen LogP contribution in [0.5, 0.6) is 11.5 Å². The highest BCUT2D eigenvalue weighted by molar-refractivity contribution is 8.15. The number of fused-ring (bicyclic) bond motifs is 1. The third kappa shape index (κ3) is 4.57. The number of carbonyl (C=O) groups excluding carboxylic acids is 1. The third-order valence-corrected chi connectivity index (χ3v) is 6.28. The van der Waals surface area contributed by atoms with E-state index in [0.29, 0.717) is 28.9 Å². The lowest BCUT2D eigenvalue weighted by atomic mass is 10.2. The summed E-state index contributed by atoms with van der Waals surface area (Å²) in [5.41, 5.74) is 1.77. The van der Waals surface area contributed by atoms with Gasteiger partial charge < -0.3 is 14.6 Å². The van der Waals surface area contributed by atoms with Crippen LogP contribution >= 0.6 is 23.1 Å². The van der Waals surface area contributed by atoms with Crippen molar-refractivity contribution in [3.63, 3.8) is 0 Å². The van der Waals surface area contributed by atoms with Gasteiger partial charge in [0.05, 0.1) is 10.2 Å². The quantitative estimate of drug-likeness (QED) is 0.472. The topological polar surface area (TPSA) is 98.1 Å². The molecule has 0 saturated carbocycles. The molecule has 0 saturated heterocycles. The molecule has 9 heteroatoms. The summed E-state index contributed by atoms with van der Waals surface area (Å²) in [6.45, 7) is 1.74. The van der Waals surface area contributed by atoms with Crippen molar-refractivity contribution >= 4 is 50.3 Å². The number of thioether (sulfide) groups is 1. The van der Waals surface area contributed by atoms with Crippen molar-refractivity contribution in [1.82, 2.24) is 4.98 Å². The fraction of sp³-hybridized carbons (Fsp3) is 0.200. The SMILES string of the molecule is CC(=O)Oc1ccc(COc2ccc3nc(C4=NC(C(=O)O)CS4)sc3c2)cc1. The summed E-state index contributed by atoms with van der Waals surface area (Å²) >= 11 is 2.89. The van der Waals surface area contributed by atoms with Crippen molar-refractivity contribution in [2.45, 2.75) is 19.6 Å². The molecule has 1 aromatic heterocycles. The molecule has 1 atom stereocenters. The fourth-order valence-corrected chi connectivity index (χ4v) is 4.78. The van der Waals surface area contributed by atoms with Gasteiger partial charge in [-0.3, -0.25) is 9.79 Å². The Hall–Kier alpha value is -2.91. The normalized spacial score (nSPS) is 15.9. The van der Waals surface area contributed by atoms with Crippen molar-refractivity contribution in [1.29, 1.82) is 0 Å². The first-order chi connectivity index (χ1) is 14.0. The maximum absolute atomic E-state index is 11.1. The minimum Gasteiger partial charge on any atom is -0.489 e. The van der Waals surface area contributed by atoms with Gasteiger partial charge in [0.25, 0.3) is 0 Å². The van der Waals surface area contributed by atoms with Gasteiger partial charge in [0.15, 0.2) is 6.04 Å². The number of benzene rings is 2. The van der Waals surface area contributed by atoms with Gasteiger partial charge >= 0.3 is 11.9 Å². The van der Waals surface area contributed by atoms with Crippen LogP contribution in [0.3, 0.4) is 0 Å². The van der Waals surface area contributed by atoms with Crippen molar-refractivity contribution in [3.8, 4) is 11.5 Å². The summed E-state index contributed by atoms with van der Waals surface area (Å²) < 4.78 is 11.8. The number of ether oxygens (including phenoxy) is 2. The highest BCUT2D eigenvalue weighted by Crippen LogP contribution is 2.32. The van der Waals surface area contributed by atoms with Gasteiger partial charge in [0, 0.05) is 12.7 Å². The lowest BCUT2D eigenvalue weighted by molar-refractivity contribution is -0.137. The Morgan fingerprint density at radius 1 is 1.17 bits per heavy atom. The zero-order valence-electron chi connectivity index (χ0n) is 15.3. The zero-order valence-corrected chi connectivity index (χ0v) is 17.0. The highest BCUT2D eigenvalue weighted by atomic mass is 32.2. The fourth-order valence-electron chi connectivity index (χ4n) is 2.69. The van der Waals surface area contributed by atoms with Gasteiger partial charge in [-0.15, -0.1) is 23.1 Å². The summed E-state index contributed by atoms with van der Waals surface area (Å²) in [6, 6.07) is 12.1. The molecule has 0 fully saturated rings. The van der Waals surface area contributed by atoms with E-state index in [0.717, 1.165) is 20.8 Å². The van der Waals surface area contributed by atoms with Crippen LogP contribution in [-0.2, 0) is 16.2 Å². The van der Waals surface area contributed by atoms with Crippen LogP contribution in [0.4, 0.5) is 0 Å². The summed E-state index contributed by atoms with van der Waals surface area (Å²) in [7, 11) is 0. The molecule has 1 N–H and O–H groups in total. The predicted molar refractivity (Wildman–Crippen MR) is 112 cm³/mol. The molecule has 0 aliphatic carbocycles. The van der Waals surface area contributed by atoms with Crippen molar-refractivity contribution < 1.29 is 24.2 Å². The molecule has 2 aromatic carbocycles. The maximum Gasteiger partial charge on any atom is 0.329 e. The average molecular weight is 428 g/mol. The van der Waals surface area contributed by atoms with E-state index in [2.05, 4.69) is 9.98 Å². The summed E-state index contributed by atoms with van der Waals surface area (Å²) in [6.07, 6.45) is 0. The van der Waals surface area contributed by atoms with Gasteiger partial charge in [-0.2, -0.15) is 0 Å². The Balaban J connectivity index is 1.45. The Morgan fingerprint density at radius 2 is 1.93 bits per heavy atom. The number of aromatic nitrogens is 1. The second-order valence-electron chi connectivity index (χ2n) is 6.27. The number of thiazole rings is 1.